The number of nitrogens with one attached hydrogen (secondary N) is 3. The number of aliphatic imine (C=N–C) groups is 1. The van der Waals surface area contributed by atoms with Crippen molar-refractivity contribution in [3.05, 3.63) is 53.1 Å². The molecule has 2 aromatic rings. The first-order valence-electron chi connectivity index (χ1n) is 7.26. The first-order valence-corrected chi connectivity index (χ1v) is 7.26. The minimum Gasteiger partial charge on any atom is -0.357 e. The summed E-state index contributed by atoms with van der Waals surface area (Å²) >= 11 is 0. The van der Waals surface area contributed by atoms with Crippen LogP contribution in [0.5, 0.6) is 0 Å². The zero-order valence-electron chi connectivity index (χ0n) is 12.9. The molecule has 0 aliphatic heterocycles. The van der Waals surface area contributed by atoms with Gasteiger partial charge in [-0.15, -0.1) is 0 Å². The minimum atomic E-state index is -4.63. The maximum Gasteiger partial charge on any atom is 0.416 e. The Bertz CT molecular complexity index is 680. The van der Waals surface area contributed by atoms with Crippen LogP contribution in [0.3, 0.4) is 0 Å². The van der Waals surface area contributed by atoms with E-state index in [1.807, 2.05) is 6.92 Å². The van der Waals surface area contributed by atoms with Crippen molar-refractivity contribution in [1.29, 1.82) is 0 Å². The van der Waals surface area contributed by atoms with Gasteiger partial charge in [-0.25, -0.2) is 9.38 Å². The van der Waals surface area contributed by atoms with E-state index in [1.165, 1.54) is 0 Å². The van der Waals surface area contributed by atoms with E-state index in [4.69, 9.17) is 0 Å². The summed E-state index contributed by atoms with van der Waals surface area (Å²) in [7, 11) is 0. The summed E-state index contributed by atoms with van der Waals surface area (Å²) in [4.78, 5) is 4.12. The monoisotopic (exact) mass is 343 g/mol. The smallest absolute Gasteiger partial charge is 0.357 e. The summed E-state index contributed by atoms with van der Waals surface area (Å²) in [5, 5.41) is 12.5. The fraction of sp³-hybridized carbons (Fsp3) is 0.333. The highest BCUT2D eigenvalue weighted by atomic mass is 19.4. The normalized spacial score (nSPS) is 12.3. The van der Waals surface area contributed by atoms with Gasteiger partial charge in [0.1, 0.15) is 5.82 Å². The molecular formula is C15H17F4N5. The average Bonchev–Trinajstić information content (AvgIpc) is 3.03. The Labute approximate surface area is 136 Å². The lowest BCUT2D eigenvalue weighted by atomic mass is 10.1. The molecule has 2 rings (SSSR count). The molecule has 0 atom stereocenters. The zero-order valence-corrected chi connectivity index (χ0v) is 12.9. The van der Waals surface area contributed by atoms with Crippen molar-refractivity contribution in [3.8, 4) is 0 Å². The summed E-state index contributed by atoms with van der Waals surface area (Å²) in [6, 6.07) is 4.33. The molecule has 0 unspecified atom stereocenters. The number of rotatable bonds is 5. The van der Waals surface area contributed by atoms with Gasteiger partial charge in [-0.2, -0.15) is 18.3 Å². The van der Waals surface area contributed by atoms with Gasteiger partial charge < -0.3 is 10.6 Å². The number of H-pyrrole nitrogens is 1. The van der Waals surface area contributed by atoms with Crippen LogP contribution in [0, 0.1) is 5.82 Å². The largest absolute Gasteiger partial charge is 0.416 e. The number of benzene rings is 1. The van der Waals surface area contributed by atoms with Crippen LogP contribution in [0.1, 0.15) is 23.7 Å². The van der Waals surface area contributed by atoms with Gasteiger partial charge in [0, 0.05) is 12.7 Å². The molecule has 0 aliphatic carbocycles. The summed E-state index contributed by atoms with van der Waals surface area (Å²) in [5.74, 6) is -0.580. The Balaban J connectivity index is 2.13. The molecule has 0 amide bonds. The van der Waals surface area contributed by atoms with Crippen LogP contribution in [-0.2, 0) is 19.3 Å². The third-order valence-electron chi connectivity index (χ3n) is 3.13. The molecule has 1 aromatic carbocycles. The summed E-state index contributed by atoms with van der Waals surface area (Å²) in [6.07, 6.45) is -3.04. The van der Waals surface area contributed by atoms with Crippen LogP contribution in [-0.4, -0.2) is 22.7 Å². The van der Waals surface area contributed by atoms with E-state index in [9.17, 15) is 17.6 Å². The number of hydrogen-bond donors (Lipinski definition) is 3. The van der Waals surface area contributed by atoms with Crippen LogP contribution in [0.2, 0.25) is 0 Å². The summed E-state index contributed by atoms with van der Waals surface area (Å²) < 4.78 is 52.0. The van der Waals surface area contributed by atoms with Gasteiger partial charge in [0.25, 0.3) is 0 Å². The molecule has 1 aromatic heterocycles. The molecule has 0 saturated heterocycles. The number of nitrogens with zero attached hydrogens (tertiary/aromatic N) is 2. The van der Waals surface area contributed by atoms with Gasteiger partial charge in [-0.3, -0.25) is 5.10 Å². The van der Waals surface area contributed by atoms with Crippen molar-refractivity contribution < 1.29 is 17.6 Å². The molecule has 24 heavy (non-hydrogen) atoms. The second kappa shape index (κ2) is 7.80. The highest BCUT2D eigenvalue weighted by Crippen LogP contribution is 2.32. The molecule has 1 heterocycles. The topological polar surface area (TPSA) is 65.1 Å². The van der Waals surface area contributed by atoms with Crippen molar-refractivity contribution in [2.45, 2.75) is 26.2 Å². The van der Waals surface area contributed by atoms with Gasteiger partial charge in [0.2, 0.25) is 0 Å². The number of aromatic nitrogens is 2. The highest BCUT2D eigenvalue weighted by Gasteiger charge is 2.33. The molecule has 0 aliphatic rings. The maximum absolute atomic E-state index is 13.1. The molecule has 3 N–H and O–H groups in total. The predicted octanol–water partition coefficient (Wildman–Crippen LogP) is 2.82. The molecule has 0 saturated carbocycles. The van der Waals surface area contributed by atoms with E-state index in [0.29, 0.717) is 25.1 Å². The van der Waals surface area contributed by atoms with Crippen LogP contribution >= 0.6 is 0 Å². The standard InChI is InChI=1S/C15H17F4N5/c1-2-20-14(22-9-12-5-6-23-24-12)21-8-10-3-4-11(16)7-13(10)15(17,18)19/h3-7H,2,8-9H2,1H3,(H,23,24)(H2,20,21,22). The Kier molecular flexibility index (Phi) is 5.78. The molecule has 5 nitrogen and oxygen atoms in total. The van der Waals surface area contributed by atoms with Crippen molar-refractivity contribution in [2.24, 2.45) is 4.99 Å². The van der Waals surface area contributed by atoms with E-state index in [0.717, 1.165) is 17.8 Å². The molecule has 0 fully saturated rings. The minimum absolute atomic E-state index is 0.0948. The van der Waals surface area contributed by atoms with Gasteiger partial charge in [-0.1, -0.05) is 6.07 Å². The van der Waals surface area contributed by atoms with Gasteiger partial charge in [0.15, 0.2) is 5.96 Å². The van der Waals surface area contributed by atoms with E-state index >= 15 is 0 Å². The van der Waals surface area contributed by atoms with Crippen LogP contribution < -0.4 is 10.6 Å². The first-order chi connectivity index (χ1) is 11.4. The lowest BCUT2D eigenvalue weighted by Crippen LogP contribution is -2.36. The van der Waals surface area contributed by atoms with E-state index in [1.54, 1.807) is 12.3 Å². The number of aromatic amines is 1. The second-order valence-electron chi connectivity index (χ2n) is 4.93. The van der Waals surface area contributed by atoms with Crippen LogP contribution in [0.15, 0.2) is 35.5 Å². The molecular weight excluding hydrogens is 326 g/mol. The zero-order chi connectivity index (χ0) is 17.6. The summed E-state index contributed by atoms with van der Waals surface area (Å²) in [5.41, 5.74) is -0.309. The summed E-state index contributed by atoms with van der Waals surface area (Å²) in [6.45, 7) is 2.55. The third kappa shape index (κ3) is 4.97. The Morgan fingerprint density at radius 1 is 1.25 bits per heavy atom. The molecule has 9 heteroatoms. The van der Waals surface area contributed by atoms with E-state index in [2.05, 4.69) is 25.8 Å². The third-order valence-corrected chi connectivity index (χ3v) is 3.13. The quantitative estimate of drug-likeness (QED) is 0.444. The van der Waals surface area contributed by atoms with Gasteiger partial charge in [0.05, 0.1) is 24.3 Å². The van der Waals surface area contributed by atoms with Gasteiger partial charge >= 0.3 is 6.18 Å². The second-order valence-corrected chi connectivity index (χ2v) is 4.93. The fourth-order valence-electron chi connectivity index (χ4n) is 2.02. The lowest BCUT2D eigenvalue weighted by Gasteiger charge is -2.13. The predicted molar refractivity (Wildman–Crippen MR) is 81.6 cm³/mol. The number of guanidine groups is 1. The van der Waals surface area contributed by atoms with Gasteiger partial charge in [-0.05, 0) is 30.7 Å². The molecule has 0 radical (unpaired) electrons. The van der Waals surface area contributed by atoms with Crippen molar-refractivity contribution in [2.75, 3.05) is 6.54 Å². The first kappa shape index (κ1) is 17.8. The molecule has 130 valence electrons. The van der Waals surface area contributed by atoms with Crippen molar-refractivity contribution >= 4 is 5.96 Å². The highest BCUT2D eigenvalue weighted by molar-refractivity contribution is 5.79. The Hall–Kier alpha value is -2.58. The lowest BCUT2D eigenvalue weighted by molar-refractivity contribution is -0.138. The Morgan fingerprint density at radius 3 is 2.67 bits per heavy atom. The number of hydrogen-bond acceptors (Lipinski definition) is 2. The molecule has 0 spiro atoms. The van der Waals surface area contributed by atoms with E-state index < -0.39 is 17.6 Å². The van der Waals surface area contributed by atoms with Crippen molar-refractivity contribution in [1.82, 2.24) is 20.8 Å². The fourth-order valence-corrected chi connectivity index (χ4v) is 2.02. The maximum atomic E-state index is 13.1. The Morgan fingerprint density at radius 2 is 2.04 bits per heavy atom. The SMILES string of the molecule is CCNC(=NCc1ccc(F)cc1C(F)(F)F)NCc1ccn[nH]1. The van der Waals surface area contributed by atoms with E-state index in [-0.39, 0.29) is 12.1 Å². The molecule has 0 bridgehead atoms. The number of halogens is 4. The average molecular weight is 343 g/mol. The van der Waals surface area contributed by atoms with Crippen LogP contribution in [0.4, 0.5) is 17.6 Å². The van der Waals surface area contributed by atoms with Crippen molar-refractivity contribution in [3.63, 3.8) is 0 Å². The van der Waals surface area contributed by atoms with Crippen LogP contribution in [0.25, 0.3) is 0 Å². The number of alkyl halides is 3.